The lowest BCUT2D eigenvalue weighted by Gasteiger charge is -2.37. The first kappa shape index (κ1) is 14.0. The van der Waals surface area contributed by atoms with Gasteiger partial charge in [-0.25, -0.2) is 0 Å². The van der Waals surface area contributed by atoms with Crippen LogP contribution >= 0.6 is 0 Å². The van der Waals surface area contributed by atoms with Gasteiger partial charge >= 0.3 is 5.97 Å². The van der Waals surface area contributed by atoms with Crippen LogP contribution < -0.4 is 0 Å². The molecule has 1 aromatic heterocycles. The third-order valence-electron chi connectivity index (χ3n) is 3.55. The first-order chi connectivity index (χ1) is 9.05. The van der Waals surface area contributed by atoms with Crippen molar-refractivity contribution in [2.75, 3.05) is 6.61 Å². The lowest BCUT2D eigenvalue weighted by atomic mass is 9.78. The van der Waals surface area contributed by atoms with Crippen molar-refractivity contribution in [3.63, 3.8) is 0 Å². The maximum Gasteiger partial charge on any atom is 0.312 e. The van der Waals surface area contributed by atoms with Crippen LogP contribution in [0.5, 0.6) is 0 Å². The van der Waals surface area contributed by atoms with Crippen molar-refractivity contribution in [1.82, 2.24) is 10.1 Å². The third kappa shape index (κ3) is 3.12. The van der Waals surface area contributed by atoms with Gasteiger partial charge in [-0.05, 0) is 32.1 Å². The molecule has 0 spiro atoms. The Bertz CT molecular complexity index is 442. The van der Waals surface area contributed by atoms with E-state index in [1.807, 2.05) is 6.92 Å². The normalized spacial score (nSPS) is 27.4. The minimum Gasteiger partial charge on any atom is -0.481 e. The van der Waals surface area contributed by atoms with E-state index in [1.54, 1.807) is 0 Å². The SMILES string of the molecule is CCOC1(c2noc(CC(=O)O)n2)CCCC(C)C1. The molecule has 1 aliphatic carbocycles. The molecule has 0 aliphatic heterocycles. The fourth-order valence-corrected chi connectivity index (χ4v) is 2.82. The zero-order valence-corrected chi connectivity index (χ0v) is 11.4. The molecule has 1 aliphatic rings. The Morgan fingerprint density at radius 1 is 1.63 bits per heavy atom. The molecule has 0 amide bonds. The summed E-state index contributed by atoms with van der Waals surface area (Å²) in [5.74, 6) is 0.205. The van der Waals surface area contributed by atoms with Crippen LogP contribution in [-0.2, 0) is 21.6 Å². The van der Waals surface area contributed by atoms with E-state index in [9.17, 15) is 4.79 Å². The maximum atomic E-state index is 10.7. The summed E-state index contributed by atoms with van der Waals surface area (Å²) in [6.45, 7) is 4.71. The molecule has 2 unspecified atom stereocenters. The van der Waals surface area contributed by atoms with Crippen LogP contribution in [0.1, 0.15) is 51.2 Å². The second kappa shape index (κ2) is 5.69. The van der Waals surface area contributed by atoms with Gasteiger partial charge in [-0.2, -0.15) is 4.98 Å². The fraction of sp³-hybridized carbons (Fsp3) is 0.769. The van der Waals surface area contributed by atoms with E-state index >= 15 is 0 Å². The van der Waals surface area contributed by atoms with E-state index in [0.717, 1.165) is 19.3 Å². The highest BCUT2D eigenvalue weighted by molar-refractivity contribution is 5.68. The lowest BCUT2D eigenvalue weighted by Crippen LogP contribution is -2.36. The van der Waals surface area contributed by atoms with Crippen molar-refractivity contribution in [3.05, 3.63) is 11.7 Å². The predicted octanol–water partition coefficient (Wildman–Crippen LogP) is 2.14. The number of rotatable bonds is 5. The monoisotopic (exact) mass is 268 g/mol. The van der Waals surface area contributed by atoms with Gasteiger partial charge in [0.2, 0.25) is 11.7 Å². The van der Waals surface area contributed by atoms with Crippen LogP contribution in [0.3, 0.4) is 0 Å². The van der Waals surface area contributed by atoms with E-state index < -0.39 is 11.6 Å². The molecule has 6 nitrogen and oxygen atoms in total. The van der Waals surface area contributed by atoms with Crippen molar-refractivity contribution in [2.24, 2.45) is 5.92 Å². The zero-order valence-electron chi connectivity index (χ0n) is 11.4. The Morgan fingerprint density at radius 2 is 2.42 bits per heavy atom. The molecule has 2 rings (SSSR count). The molecule has 0 saturated heterocycles. The Hall–Kier alpha value is -1.43. The van der Waals surface area contributed by atoms with Crippen molar-refractivity contribution in [2.45, 2.75) is 51.6 Å². The molecule has 1 heterocycles. The second-order valence-corrected chi connectivity index (χ2v) is 5.21. The Kier molecular flexibility index (Phi) is 4.19. The molecule has 0 aromatic carbocycles. The number of carboxylic acid groups (broad SMARTS) is 1. The molecule has 6 heteroatoms. The van der Waals surface area contributed by atoms with Crippen LogP contribution in [0.15, 0.2) is 4.52 Å². The van der Waals surface area contributed by atoms with Gasteiger partial charge in [-0.3, -0.25) is 4.79 Å². The van der Waals surface area contributed by atoms with Gasteiger partial charge in [0, 0.05) is 6.61 Å². The number of hydrogen-bond acceptors (Lipinski definition) is 5. The molecular formula is C13H20N2O4. The minimum atomic E-state index is -0.974. The van der Waals surface area contributed by atoms with Crippen molar-refractivity contribution < 1.29 is 19.2 Å². The third-order valence-corrected chi connectivity index (χ3v) is 3.55. The van der Waals surface area contributed by atoms with Crippen molar-refractivity contribution >= 4 is 5.97 Å². The largest absolute Gasteiger partial charge is 0.481 e. The molecule has 1 N–H and O–H groups in total. The molecule has 0 bridgehead atoms. The highest BCUT2D eigenvalue weighted by Crippen LogP contribution is 2.41. The lowest BCUT2D eigenvalue weighted by molar-refractivity contribution is -0.136. The number of ether oxygens (including phenoxy) is 1. The molecule has 1 aromatic rings. The van der Waals surface area contributed by atoms with Crippen LogP contribution in [0, 0.1) is 5.92 Å². The molecule has 2 atom stereocenters. The van der Waals surface area contributed by atoms with E-state index in [-0.39, 0.29) is 12.3 Å². The summed E-state index contributed by atoms with van der Waals surface area (Å²) in [7, 11) is 0. The average Bonchev–Trinajstić information content (AvgIpc) is 2.77. The highest BCUT2D eigenvalue weighted by atomic mass is 16.5. The summed E-state index contributed by atoms with van der Waals surface area (Å²) < 4.78 is 10.9. The number of hydrogen-bond donors (Lipinski definition) is 1. The zero-order chi connectivity index (χ0) is 13.9. The maximum absolute atomic E-state index is 10.7. The number of carbonyl (C=O) groups is 1. The summed E-state index contributed by atoms with van der Waals surface area (Å²) in [5.41, 5.74) is -0.507. The minimum absolute atomic E-state index is 0.139. The van der Waals surface area contributed by atoms with Crippen LogP contribution in [0.4, 0.5) is 0 Å². The summed E-state index contributed by atoms with van der Waals surface area (Å²) in [6.07, 6.45) is 3.70. The number of nitrogens with zero attached hydrogens (tertiary/aromatic N) is 2. The van der Waals surface area contributed by atoms with E-state index in [2.05, 4.69) is 17.1 Å². The molecule has 106 valence electrons. The summed E-state index contributed by atoms with van der Waals surface area (Å²) >= 11 is 0. The Balaban J connectivity index is 2.23. The predicted molar refractivity (Wildman–Crippen MR) is 66.6 cm³/mol. The summed E-state index contributed by atoms with van der Waals surface area (Å²) in [6, 6.07) is 0. The molecule has 1 fully saturated rings. The Labute approximate surface area is 112 Å². The molecular weight excluding hydrogens is 248 g/mol. The first-order valence-electron chi connectivity index (χ1n) is 6.74. The van der Waals surface area contributed by atoms with Crippen LogP contribution in [0.2, 0.25) is 0 Å². The Morgan fingerprint density at radius 3 is 3.05 bits per heavy atom. The number of aromatic nitrogens is 2. The summed E-state index contributed by atoms with van der Waals surface area (Å²) in [4.78, 5) is 14.9. The van der Waals surface area contributed by atoms with Gasteiger partial charge in [-0.1, -0.05) is 18.5 Å². The van der Waals surface area contributed by atoms with E-state index in [0.29, 0.717) is 18.3 Å². The van der Waals surface area contributed by atoms with Gasteiger partial charge in [-0.15, -0.1) is 0 Å². The smallest absolute Gasteiger partial charge is 0.312 e. The van der Waals surface area contributed by atoms with Gasteiger partial charge in [0.1, 0.15) is 12.0 Å². The molecule has 1 saturated carbocycles. The van der Waals surface area contributed by atoms with Crippen LogP contribution in [-0.4, -0.2) is 27.8 Å². The quantitative estimate of drug-likeness (QED) is 0.880. The first-order valence-corrected chi connectivity index (χ1v) is 6.74. The van der Waals surface area contributed by atoms with Gasteiger partial charge in [0.05, 0.1) is 0 Å². The second-order valence-electron chi connectivity index (χ2n) is 5.21. The fourth-order valence-electron chi connectivity index (χ4n) is 2.82. The molecule has 19 heavy (non-hydrogen) atoms. The van der Waals surface area contributed by atoms with Gasteiger partial charge in [0.25, 0.3) is 0 Å². The van der Waals surface area contributed by atoms with Crippen molar-refractivity contribution in [3.8, 4) is 0 Å². The van der Waals surface area contributed by atoms with Gasteiger partial charge in [0.15, 0.2) is 0 Å². The van der Waals surface area contributed by atoms with E-state index in [1.165, 1.54) is 6.42 Å². The highest BCUT2D eigenvalue weighted by Gasteiger charge is 2.41. The van der Waals surface area contributed by atoms with Crippen LogP contribution in [0.25, 0.3) is 0 Å². The van der Waals surface area contributed by atoms with Gasteiger partial charge < -0.3 is 14.4 Å². The van der Waals surface area contributed by atoms with E-state index in [4.69, 9.17) is 14.4 Å². The summed E-state index contributed by atoms with van der Waals surface area (Å²) in [5, 5.41) is 12.7. The topological polar surface area (TPSA) is 85.5 Å². The number of carboxylic acids is 1. The average molecular weight is 268 g/mol. The molecule has 0 radical (unpaired) electrons. The number of aliphatic carboxylic acids is 1. The standard InChI is InChI=1S/C13H20N2O4/c1-3-18-13(6-4-5-9(2)8-13)12-14-10(19-15-12)7-11(16)17/h9H,3-8H2,1-2H3,(H,16,17). The van der Waals surface area contributed by atoms with Crippen molar-refractivity contribution in [1.29, 1.82) is 0 Å².